The van der Waals surface area contributed by atoms with Gasteiger partial charge < -0.3 is 15.5 Å². The Balaban J connectivity index is 1.73. The van der Waals surface area contributed by atoms with Crippen LogP contribution in [0, 0.1) is 10.1 Å². The third-order valence-electron chi connectivity index (χ3n) is 4.25. The zero-order valence-corrected chi connectivity index (χ0v) is 14.5. The van der Waals surface area contributed by atoms with Crippen molar-refractivity contribution in [3.05, 3.63) is 33.3 Å². The molecule has 0 radical (unpaired) electrons. The fourth-order valence-electron chi connectivity index (χ4n) is 2.88. The third-order valence-corrected chi connectivity index (χ3v) is 4.57. The van der Waals surface area contributed by atoms with Crippen LogP contribution in [-0.4, -0.2) is 41.5 Å². The molecule has 0 saturated carbocycles. The summed E-state index contributed by atoms with van der Waals surface area (Å²) in [5.41, 5.74) is 0.113. The van der Waals surface area contributed by atoms with E-state index in [4.69, 9.17) is 11.6 Å². The number of nitro groups is 1. The van der Waals surface area contributed by atoms with E-state index in [9.17, 15) is 14.9 Å². The van der Waals surface area contributed by atoms with Gasteiger partial charge in [-0.25, -0.2) is 4.79 Å². The van der Waals surface area contributed by atoms with Crippen LogP contribution in [0.25, 0.3) is 0 Å². The summed E-state index contributed by atoms with van der Waals surface area (Å²) < 4.78 is 0. The molecule has 0 spiro atoms. The number of nitrogens with one attached hydrogen (secondary N) is 2. The maximum absolute atomic E-state index is 11.9. The van der Waals surface area contributed by atoms with E-state index in [2.05, 4.69) is 22.5 Å². The first-order valence-corrected chi connectivity index (χ1v) is 8.58. The maximum Gasteiger partial charge on any atom is 0.319 e. The molecule has 1 saturated heterocycles. The maximum atomic E-state index is 11.9. The molecule has 2 amide bonds. The van der Waals surface area contributed by atoms with Crippen molar-refractivity contribution in [3.8, 4) is 0 Å². The van der Waals surface area contributed by atoms with Crippen molar-refractivity contribution in [1.82, 2.24) is 10.2 Å². The Morgan fingerprint density at radius 1 is 1.46 bits per heavy atom. The molecule has 1 heterocycles. The van der Waals surface area contributed by atoms with Crippen molar-refractivity contribution >= 4 is 29.0 Å². The number of urea groups is 1. The highest BCUT2D eigenvalue weighted by Gasteiger charge is 2.17. The predicted molar refractivity (Wildman–Crippen MR) is 94.6 cm³/mol. The number of nitro benzene ring substituents is 1. The highest BCUT2D eigenvalue weighted by Crippen LogP contribution is 2.27. The van der Waals surface area contributed by atoms with Crippen molar-refractivity contribution in [2.24, 2.45) is 0 Å². The Bertz CT molecular complexity index is 597. The lowest BCUT2D eigenvalue weighted by molar-refractivity contribution is -0.384. The number of piperidine rings is 1. The monoisotopic (exact) mass is 354 g/mol. The van der Waals surface area contributed by atoms with Gasteiger partial charge in [0.05, 0.1) is 4.92 Å². The SMILES string of the molecule is C[C@H]1CCCCN1CCCNC(=O)Nc1ccc(Cl)c([N+](=O)[O-])c1. The summed E-state index contributed by atoms with van der Waals surface area (Å²) >= 11 is 5.74. The zero-order chi connectivity index (χ0) is 17.5. The molecule has 0 aromatic heterocycles. The van der Waals surface area contributed by atoms with E-state index in [1.807, 2.05) is 0 Å². The minimum Gasteiger partial charge on any atom is -0.338 e. The van der Waals surface area contributed by atoms with Gasteiger partial charge >= 0.3 is 6.03 Å². The predicted octanol–water partition coefficient (Wildman–Crippen LogP) is 3.63. The molecule has 1 aromatic carbocycles. The summed E-state index contributed by atoms with van der Waals surface area (Å²) in [6, 6.07) is 4.41. The second kappa shape index (κ2) is 8.84. The van der Waals surface area contributed by atoms with Gasteiger partial charge in [-0.2, -0.15) is 0 Å². The lowest BCUT2D eigenvalue weighted by atomic mass is 10.0. The van der Waals surface area contributed by atoms with Crippen LogP contribution in [0.4, 0.5) is 16.2 Å². The Morgan fingerprint density at radius 2 is 2.25 bits per heavy atom. The number of rotatable bonds is 6. The van der Waals surface area contributed by atoms with E-state index in [0.717, 1.165) is 19.5 Å². The minimum absolute atomic E-state index is 0.0432. The molecule has 1 atom stereocenters. The highest BCUT2D eigenvalue weighted by atomic mass is 35.5. The Kier molecular flexibility index (Phi) is 6.81. The number of carbonyl (C=O) groups is 1. The van der Waals surface area contributed by atoms with Crippen molar-refractivity contribution in [2.45, 2.75) is 38.6 Å². The lowest BCUT2D eigenvalue weighted by Gasteiger charge is -2.33. The smallest absolute Gasteiger partial charge is 0.319 e. The molecule has 2 N–H and O–H groups in total. The van der Waals surface area contributed by atoms with Crippen LogP contribution in [0.15, 0.2) is 18.2 Å². The van der Waals surface area contributed by atoms with Gasteiger partial charge in [0.15, 0.2) is 0 Å². The number of likely N-dealkylation sites (tertiary alicyclic amines) is 1. The van der Waals surface area contributed by atoms with Crippen molar-refractivity contribution in [1.29, 1.82) is 0 Å². The molecule has 2 rings (SSSR count). The normalized spacial score (nSPS) is 18.2. The summed E-state index contributed by atoms with van der Waals surface area (Å²) in [5.74, 6) is 0. The molecule has 7 nitrogen and oxygen atoms in total. The zero-order valence-electron chi connectivity index (χ0n) is 13.8. The lowest BCUT2D eigenvalue weighted by Crippen LogP contribution is -2.39. The van der Waals surface area contributed by atoms with Crippen LogP contribution < -0.4 is 10.6 Å². The first-order valence-electron chi connectivity index (χ1n) is 8.20. The summed E-state index contributed by atoms with van der Waals surface area (Å²) in [4.78, 5) is 24.6. The summed E-state index contributed by atoms with van der Waals surface area (Å²) in [6.07, 6.45) is 4.65. The Hall–Kier alpha value is -1.86. The van der Waals surface area contributed by atoms with Gasteiger partial charge in [-0.15, -0.1) is 0 Å². The molecular weight excluding hydrogens is 332 g/mol. The van der Waals surface area contributed by atoms with E-state index in [-0.39, 0.29) is 16.7 Å². The van der Waals surface area contributed by atoms with Crippen LogP contribution in [0.1, 0.15) is 32.6 Å². The number of halogens is 1. The average molecular weight is 355 g/mol. The largest absolute Gasteiger partial charge is 0.338 e. The van der Waals surface area contributed by atoms with Crippen molar-refractivity contribution in [2.75, 3.05) is 25.0 Å². The van der Waals surface area contributed by atoms with Gasteiger partial charge in [0, 0.05) is 30.9 Å². The van der Waals surface area contributed by atoms with E-state index in [1.54, 1.807) is 0 Å². The first kappa shape index (κ1) is 18.5. The van der Waals surface area contributed by atoms with Gasteiger partial charge in [0.2, 0.25) is 0 Å². The van der Waals surface area contributed by atoms with Crippen molar-refractivity contribution < 1.29 is 9.72 Å². The summed E-state index contributed by atoms with van der Waals surface area (Å²) in [6.45, 7) is 4.90. The fourth-order valence-corrected chi connectivity index (χ4v) is 3.07. The van der Waals surface area contributed by atoms with Gasteiger partial charge in [0.25, 0.3) is 5.69 Å². The molecule has 24 heavy (non-hydrogen) atoms. The molecule has 0 bridgehead atoms. The van der Waals surface area contributed by atoms with E-state index in [0.29, 0.717) is 18.3 Å². The van der Waals surface area contributed by atoms with Crippen LogP contribution in [0.5, 0.6) is 0 Å². The van der Waals surface area contributed by atoms with Crippen molar-refractivity contribution in [3.63, 3.8) is 0 Å². The summed E-state index contributed by atoms with van der Waals surface area (Å²) in [7, 11) is 0. The molecule has 1 aromatic rings. The number of hydrogen-bond acceptors (Lipinski definition) is 4. The Labute approximate surface area is 146 Å². The number of benzene rings is 1. The quantitative estimate of drug-likeness (QED) is 0.464. The highest BCUT2D eigenvalue weighted by molar-refractivity contribution is 6.32. The number of carbonyl (C=O) groups excluding carboxylic acids is 1. The van der Waals surface area contributed by atoms with Crippen LogP contribution in [-0.2, 0) is 0 Å². The van der Waals surface area contributed by atoms with E-state index < -0.39 is 4.92 Å². The summed E-state index contributed by atoms with van der Waals surface area (Å²) in [5, 5.41) is 16.2. The molecule has 1 fully saturated rings. The van der Waals surface area contributed by atoms with Crippen LogP contribution >= 0.6 is 11.6 Å². The average Bonchev–Trinajstić information content (AvgIpc) is 2.54. The van der Waals surface area contributed by atoms with Gasteiger partial charge in [-0.05, 0) is 44.9 Å². The minimum atomic E-state index is -0.578. The van der Waals surface area contributed by atoms with E-state index in [1.165, 1.54) is 37.5 Å². The topological polar surface area (TPSA) is 87.5 Å². The van der Waals surface area contributed by atoms with Gasteiger partial charge in [0.1, 0.15) is 5.02 Å². The standard InChI is InChI=1S/C16H23ClN4O3/c1-12-5-2-3-9-20(12)10-4-8-18-16(22)19-13-6-7-14(17)15(11-13)21(23)24/h6-7,11-12H,2-5,8-10H2,1H3,(H2,18,19,22)/t12-/m0/s1. The van der Waals surface area contributed by atoms with Gasteiger partial charge in [-0.3, -0.25) is 10.1 Å². The fraction of sp³-hybridized carbons (Fsp3) is 0.562. The number of amides is 2. The molecule has 8 heteroatoms. The molecule has 0 unspecified atom stereocenters. The molecular formula is C16H23ClN4O3. The molecule has 132 valence electrons. The number of anilines is 1. The van der Waals surface area contributed by atoms with Crippen LogP contribution in [0.2, 0.25) is 5.02 Å². The third kappa shape index (κ3) is 5.35. The number of hydrogen-bond donors (Lipinski definition) is 2. The molecule has 0 aliphatic carbocycles. The second-order valence-corrected chi connectivity index (χ2v) is 6.45. The van der Waals surface area contributed by atoms with E-state index >= 15 is 0 Å². The number of nitrogens with zero attached hydrogens (tertiary/aromatic N) is 2. The second-order valence-electron chi connectivity index (χ2n) is 6.04. The van der Waals surface area contributed by atoms with Gasteiger partial charge in [-0.1, -0.05) is 18.0 Å². The van der Waals surface area contributed by atoms with Crippen LogP contribution in [0.3, 0.4) is 0 Å². The molecule has 1 aliphatic heterocycles. The Morgan fingerprint density at radius 3 is 2.96 bits per heavy atom. The first-order chi connectivity index (χ1) is 11.5. The molecule has 1 aliphatic rings.